The lowest BCUT2D eigenvalue weighted by atomic mass is 9.81. The van der Waals surface area contributed by atoms with Gasteiger partial charge >= 0.3 is 5.97 Å². The second-order valence-electron chi connectivity index (χ2n) is 7.34. The van der Waals surface area contributed by atoms with Crippen molar-refractivity contribution in [3.63, 3.8) is 0 Å². The van der Waals surface area contributed by atoms with Crippen molar-refractivity contribution in [1.29, 1.82) is 0 Å². The molecule has 0 radical (unpaired) electrons. The second kappa shape index (κ2) is 10.0. The van der Waals surface area contributed by atoms with Crippen molar-refractivity contribution in [2.45, 2.75) is 45.4 Å². The van der Waals surface area contributed by atoms with Crippen LogP contribution < -0.4 is 5.32 Å². The van der Waals surface area contributed by atoms with Crippen LogP contribution >= 0.6 is 0 Å². The number of pyridine rings is 1. The molecule has 1 fully saturated rings. The van der Waals surface area contributed by atoms with Crippen LogP contribution in [0.4, 0.5) is 5.69 Å². The van der Waals surface area contributed by atoms with Gasteiger partial charge in [0, 0.05) is 24.0 Å². The highest BCUT2D eigenvalue weighted by Gasteiger charge is 2.30. The molecule has 3 rings (SSSR count). The summed E-state index contributed by atoms with van der Waals surface area (Å²) >= 11 is 0. The zero-order valence-corrected chi connectivity index (χ0v) is 16.4. The molecule has 1 aliphatic carbocycles. The topological polar surface area (TPSA) is 68.3 Å². The summed E-state index contributed by atoms with van der Waals surface area (Å²) in [4.78, 5) is 28.4. The van der Waals surface area contributed by atoms with Gasteiger partial charge in [0.25, 0.3) is 0 Å². The molecule has 0 bridgehead atoms. The smallest absolute Gasteiger partial charge is 0.308 e. The van der Waals surface area contributed by atoms with Gasteiger partial charge in [0.1, 0.15) is 0 Å². The van der Waals surface area contributed by atoms with Crippen LogP contribution in [0, 0.1) is 11.8 Å². The maximum Gasteiger partial charge on any atom is 0.308 e. The molecule has 0 saturated heterocycles. The number of nitrogens with zero attached hydrogens (tertiary/aromatic N) is 1. The Bertz CT molecular complexity index is 766. The van der Waals surface area contributed by atoms with Crippen molar-refractivity contribution in [2.24, 2.45) is 11.8 Å². The fourth-order valence-corrected chi connectivity index (χ4v) is 3.69. The van der Waals surface area contributed by atoms with Gasteiger partial charge in [0.2, 0.25) is 5.91 Å². The summed E-state index contributed by atoms with van der Waals surface area (Å²) in [5, 5.41) is 3.02. The van der Waals surface area contributed by atoms with E-state index in [1.54, 1.807) is 0 Å². The van der Waals surface area contributed by atoms with Crippen LogP contribution in [0.25, 0.3) is 0 Å². The Hall–Kier alpha value is -2.69. The molecule has 1 aliphatic rings. The number of hydrogen-bond donors (Lipinski definition) is 1. The van der Waals surface area contributed by atoms with Crippen LogP contribution in [0.5, 0.6) is 0 Å². The molecule has 1 heterocycles. The molecule has 1 aromatic carbocycles. The number of carbonyl (C=O) groups excluding carboxylic acids is 2. The Morgan fingerprint density at radius 2 is 1.50 bits per heavy atom. The summed E-state index contributed by atoms with van der Waals surface area (Å²) in [6.45, 7) is 2.24. The number of esters is 1. The van der Waals surface area contributed by atoms with Gasteiger partial charge in [-0.3, -0.25) is 14.6 Å². The minimum Gasteiger partial charge on any atom is -0.466 e. The first kappa shape index (κ1) is 20.1. The summed E-state index contributed by atoms with van der Waals surface area (Å²) in [5.74, 6) is -0.156. The van der Waals surface area contributed by atoms with E-state index in [9.17, 15) is 9.59 Å². The van der Waals surface area contributed by atoms with Gasteiger partial charge in [0.05, 0.1) is 12.5 Å². The molecule has 1 aromatic heterocycles. The molecule has 28 heavy (non-hydrogen) atoms. The Morgan fingerprint density at radius 1 is 0.929 bits per heavy atom. The molecule has 0 atom stereocenters. The van der Waals surface area contributed by atoms with Gasteiger partial charge in [-0.25, -0.2) is 0 Å². The first-order valence-electron chi connectivity index (χ1n) is 10.1. The van der Waals surface area contributed by atoms with Gasteiger partial charge in [-0.15, -0.1) is 0 Å². The number of aryl methyl sites for hydroxylation is 2. The summed E-state index contributed by atoms with van der Waals surface area (Å²) in [6, 6.07) is 12.1. The van der Waals surface area contributed by atoms with Crippen molar-refractivity contribution in [1.82, 2.24) is 4.98 Å². The van der Waals surface area contributed by atoms with E-state index < -0.39 is 0 Å². The molecule has 1 amide bonds. The lowest BCUT2D eigenvalue weighted by Gasteiger charge is -2.26. The lowest BCUT2D eigenvalue weighted by Crippen LogP contribution is -2.30. The van der Waals surface area contributed by atoms with Crippen molar-refractivity contribution in [3.05, 3.63) is 59.9 Å². The predicted molar refractivity (Wildman–Crippen MR) is 109 cm³/mol. The van der Waals surface area contributed by atoms with Gasteiger partial charge < -0.3 is 10.1 Å². The van der Waals surface area contributed by atoms with E-state index in [0.29, 0.717) is 6.61 Å². The minimum atomic E-state index is -0.122. The number of nitrogens with one attached hydrogen (secondary N) is 1. The Labute approximate surface area is 166 Å². The molecule has 148 valence electrons. The minimum absolute atomic E-state index is 0.0305. The number of amides is 1. The number of carbonyl (C=O) groups is 2. The standard InChI is InChI=1S/C23H28N2O3/c1-2-28-23(27)20-9-7-19(8-10-20)22(26)25-21-11-5-17(6-12-21)3-4-18-13-15-24-16-14-18/h5-6,11-16,19-20H,2-4,7-10H2,1H3,(H,25,26). The first-order valence-corrected chi connectivity index (χ1v) is 10.1. The zero-order chi connectivity index (χ0) is 19.8. The highest BCUT2D eigenvalue weighted by Crippen LogP contribution is 2.30. The predicted octanol–water partition coefficient (Wildman–Crippen LogP) is 4.17. The van der Waals surface area contributed by atoms with E-state index in [-0.39, 0.29) is 23.7 Å². The van der Waals surface area contributed by atoms with Crippen molar-refractivity contribution in [2.75, 3.05) is 11.9 Å². The monoisotopic (exact) mass is 380 g/mol. The average molecular weight is 380 g/mol. The molecule has 1 saturated carbocycles. The number of benzene rings is 1. The first-order chi connectivity index (χ1) is 13.7. The van der Waals surface area contributed by atoms with E-state index >= 15 is 0 Å². The van der Waals surface area contributed by atoms with Gasteiger partial charge in [-0.1, -0.05) is 12.1 Å². The van der Waals surface area contributed by atoms with Gasteiger partial charge in [-0.05, 0) is 80.8 Å². The van der Waals surface area contributed by atoms with Gasteiger partial charge in [0.15, 0.2) is 0 Å². The Kier molecular flexibility index (Phi) is 7.18. The largest absolute Gasteiger partial charge is 0.466 e. The second-order valence-corrected chi connectivity index (χ2v) is 7.34. The molecule has 5 heteroatoms. The normalized spacial score (nSPS) is 19.0. The molecule has 5 nitrogen and oxygen atoms in total. The number of hydrogen-bond acceptors (Lipinski definition) is 4. The average Bonchev–Trinajstić information content (AvgIpc) is 2.74. The molecular formula is C23H28N2O3. The summed E-state index contributed by atoms with van der Waals surface area (Å²) in [7, 11) is 0. The maximum absolute atomic E-state index is 12.5. The lowest BCUT2D eigenvalue weighted by molar-refractivity contribution is -0.149. The fourth-order valence-electron chi connectivity index (χ4n) is 3.69. The summed E-state index contributed by atoms with van der Waals surface area (Å²) in [6.07, 6.45) is 8.48. The van der Waals surface area contributed by atoms with Crippen molar-refractivity contribution < 1.29 is 14.3 Å². The SMILES string of the molecule is CCOC(=O)C1CCC(C(=O)Nc2ccc(CCc3ccncc3)cc2)CC1. The highest BCUT2D eigenvalue weighted by atomic mass is 16.5. The third kappa shape index (κ3) is 5.65. The third-order valence-corrected chi connectivity index (χ3v) is 5.39. The van der Waals surface area contributed by atoms with Crippen molar-refractivity contribution in [3.8, 4) is 0 Å². The van der Waals surface area contributed by atoms with Crippen molar-refractivity contribution >= 4 is 17.6 Å². The molecular weight excluding hydrogens is 352 g/mol. The molecule has 0 spiro atoms. The maximum atomic E-state index is 12.5. The number of aromatic nitrogens is 1. The number of anilines is 1. The van der Waals surface area contributed by atoms with Crippen LogP contribution in [-0.2, 0) is 27.2 Å². The molecule has 0 aliphatic heterocycles. The molecule has 1 N–H and O–H groups in total. The van der Waals surface area contributed by atoms with E-state index in [2.05, 4.69) is 22.4 Å². The Balaban J connectivity index is 1.45. The van der Waals surface area contributed by atoms with Gasteiger partial charge in [-0.2, -0.15) is 0 Å². The molecule has 2 aromatic rings. The quantitative estimate of drug-likeness (QED) is 0.732. The van der Waals surface area contributed by atoms with E-state index in [1.165, 1.54) is 11.1 Å². The summed E-state index contributed by atoms with van der Waals surface area (Å²) in [5.41, 5.74) is 3.33. The van der Waals surface area contributed by atoms with Crippen LogP contribution in [0.3, 0.4) is 0 Å². The number of rotatable bonds is 7. The highest BCUT2D eigenvalue weighted by molar-refractivity contribution is 5.92. The van der Waals surface area contributed by atoms with Crippen LogP contribution in [0.15, 0.2) is 48.8 Å². The van der Waals surface area contributed by atoms with Crippen LogP contribution in [-0.4, -0.2) is 23.5 Å². The molecule has 0 unspecified atom stereocenters. The third-order valence-electron chi connectivity index (χ3n) is 5.39. The fraction of sp³-hybridized carbons (Fsp3) is 0.435. The van der Waals surface area contributed by atoms with Crippen LogP contribution in [0.1, 0.15) is 43.7 Å². The Morgan fingerprint density at radius 3 is 2.11 bits per heavy atom. The van der Waals surface area contributed by atoms with E-state index in [0.717, 1.165) is 44.2 Å². The van der Waals surface area contributed by atoms with E-state index in [1.807, 2.05) is 43.6 Å². The van der Waals surface area contributed by atoms with Crippen LogP contribution in [0.2, 0.25) is 0 Å². The van der Waals surface area contributed by atoms with E-state index in [4.69, 9.17) is 4.74 Å². The summed E-state index contributed by atoms with van der Waals surface area (Å²) < 4.78 is 5.09. The number of ether oxygens (including phenoxy) is 1. The zero-order valence-electron chi connectivity index (χ0n) is 16.4.